The van der Waals surface area contributed by atoms with Gasteiger partial charge in [-0.3, -0.25) is 14.5 Å². The Bertz CT molecular complexity index is 1510. The molecule has 41 heavy (non-hydrogen) atoms. The molecule has 19 nitrogen and oxygen atoms in total. The Labute approximate surface area is 236 Å². The number of ether oxygens (including phenoxy) is 2. The van der Waals surface area contributed by atoms with Crippen molar-refractivity contribution in [3.63, 3.8) is 0 Å². The number of nitrogen functional groups attached to an aromatic ring is 1. The fourth-order valence-electron chi connectivity index (χ4n) is 4.42. The smallest absolute Gasteiger partial charge is 0.469 e. The molecule has 3 aromatic heterocycles. The molecular formula is C19H25N8O11P2S-. The van der Waals surface area contributed by atoms with Crippen molar-refractivity contribution in [2.45, 2.75) is 49.7 Å². The van der Waals surface area contributed by atoms with Gasteiger partial charge in [-0.2, -0.15) is 9.05 Å². The molecule has 1 unspecified atom stereocenters. The van der Waals surface area contributed by atoms with E-state index < -0.39 is 64.5 Å². The molecule has 0 amide bonds. The Morgan fingerprint density at radius 1 is 1.20 bits per heavy atom. The lowest BCUT2D eigenvalue weighted by atomic mass is 10.2. The SMILES string of the molecule is N=c1ccn([C@H]2C[C@H](O[P+](O)([S-])OC[C@H]3O[C@@H](n4cnc5c(N)ncnc54)C[C@@H]3O)[C@@H](COP(=O)(O)O)O2)c([O-])n1. The molecule has 0 radical (unpaired) electrons. The number of anilines is 1. The third-order valence-corrected chi connectivity index (χ3v) is 8.37. The van der Waals surface area contributed by atoms with Crippen molar-refractivity contribution in [2.24, 2.45) is 0 Å². The number of aliphatic hydroxyl groups excluding tert-OH is 1. The summed E-state index contributed by atoms with van der Waals surface area (Å²) in [4.78, 5) is 44.7. The van der Waals surface area contributed by atoms with Gasteiger partial charge < -0.3 is 52.0 Å². The standard InChI is InChI=1S/C19H26N8O11P2S/c20-13-1-2-26(19(29)25-13)15-4-10(12(37-15)6-34-39(30,31)32)38-40(33,41)35-5-11-9(28)3-14(36-11)27-8-24-16-17(21)22-7-23-18(16)27/h1-2,7-12,14-15,28H,3-6H2,(H,33,41)(H2,20,25,29)(H2,21,22,23)(H2,30,31,32)/p-1/t9-,10-,11+,12+,14+,15+,40?/m0/s1. The Kier molecular flexibility index (Phi) is 8.64. The first-order valence-electron chi connectivity index (χ1n) is 11.9. The van der Waals surface area contributed by atoms with Gasteiger partial charge in [0, 0.05) is 19.0 Å². The molecule has 22 heteroatoms. The van der Waals surface area contributed by atoms with E-state index in [4.69, 9.17) is 51.7 Å². The molecule has 7 N–H and O–H groups in total. The van der Waals surface area contributed by atoms with Crippen LogP contribution in [0.5, 0.6) is 6.01 Å². The number of nitrogens with two attached hydrogens (primary N) is 1. The first-order valence-corrected chi connectivity index (χ1v) is 16.0. The van der Waals surface area contributed by atoms with Crippen molar-refractivity contribution in [1.29, 1.82) is 5.41 Å². The lowest BCUT2D eigenvalue weighted by molar-refractivity contribution is -0.290. The maximum Gasteiger partial charge on any atom is 0.469 e. The summed E-state index contributed by atoms with van der Waals surface area (Å²) in [5, 5.41) is 30.3. The lowest BCUT2D eigenvalue weighted by Crippen LogP contribution is -2.30. The number of fused-ring (bicyclic) bond motifs is 1. The van der Waals surface area contributed by atoms with Crippen molar-refractivity contribution in [1.82, 2.24) is 29.1 Å². The maximum atomic E-state index is 12.2. The number of imidazole rings is 1. The molecule has 0 bridgehead atoms. The summed E-state index contributed by atoms with van der Waals surface area (Å²) < 4.78 is 41.0. The summed E-state index contributed by atoms with van der Waals surface area (Å²) in [5.74, 6) is 0.183. The summed E-state index contributed by atoms with van der Waals surface area (Å²) in [6, 6.07) is 0.438. The third-order valence-electron chi connectivity index (χ3n) is 6.30. The van der Waals surface area contributed by atoms with Crippen LogP contribution in [-0.2, 0) is 39.9 Å². The molecule has 0 spiro atoms. The molecule has 0 aliphatic carbocycles. The molecule has 2 saturated heterocycles. The van der Waals surface area contributed by atoms with Crippen molar-refractivity contribution in [2.75, 3.05) is 18.9 Å². The van der Waals surface area contributed by atoms with Gasteiger partial charge in [-0.1, -0.05) is 0 Å². The minimum absolute atomic E-state index is 0.111. The van der Waals surface area contributed by atoms with Crippen molar-refractivity contribution < 1.29 is 52.5 Å². The highest BCUT2D eigenvalue weighted by molar-refractivity contribution is 8.35. The fourth-order valence-corrected chi connectivity index (χ4v) is 6.24. The van der Waals surface area contributed by atoms with Crippen LogP contribution in [0.2, 0.25) is 0 Å². The van der Waals surface area contributed by atoms with Crippen molar-refractivity contribution >= 4 is 44.2 Å². The highest BCUT2D eigenvalue weighted by atomic mass is 32.7. The zero-order chi connectivity index (χ0) is 29.5. The number of phosphoric acid groups is 1. The second-order valence-electron chi connectivity index (χ2n) is 9.08. The predicted octanol–water partition coefficient (Wildman–Crippen LogP) is -1.48. The molecule has 3 aromatic rings. The number of aliphatic hydroxyl groups is 1. The van der Waals surface area contributed by atoms with Crippen LogP contribution in [0.4, 0.5) is 5.82 Å². The third kappa shape index (κ3) is 7.02. The van der Waals surface area contributed by atoms with E-state index in [1.807, 2.05) is 0 Å². The number of phosphoric ester groups is 1. The fraction of sp³-hybridized carbons (Fsp3) is 0.526. The molecule has 0 saturated carbocycles. The summed E-state index contributed by atoms with van der Waals surface area (Å²) in [5.41, 5.74) is 6.32. The molecule has 2 fully saturated rings. The Hall–Kier alpha value is -2.32. The minimum Gasteiger partial charge on any atom is -0.846 e. The number of rotatable bonds is 10. The second kappa shape index (κ2) is 11.8. The van der Waals surface area contributed by atoms with Gasteiger partial charge in [0.25, 0.3) is 7.15 Å². The minimum atomic E-state index is -4.90. The Balaban J connectivity index is 1.23. The van der Waals surface area contributed by atoms with Crippen molar-refractivity contribution in [3.8, 4) is 6.01 Å². The molecule has 5 heterocycles. The topological polar surface area (TPSA) is 278 Å². The monoisotopic (exact) mass is 635 g/mol. The van der Waals surface area contributed by atoms with E-state index in [-0.39, 0.29) is 30.8 Å². The van der Waals surface area contributed by atoms with Gasteiger partial charge in [-0.15, -0.1) is 0 Å². The van der Waals surface area contributed by atoms with Crippen LogP contribution in [0.15, 0.2) is 24.9 Å². The predicted molar refractivity (Wildman–Crippen MR) is 136 cm³/mol. The van der Waals surface area contributed by atoms with E-state index in [0.717, 1.165) is 4.57 Å². The van der Waals surface area contributed by atoms with Crippen LogP contribution in [0.25, 0.3) is 11.2 Å². The average Bonchev–Trinajstić information content (AvgIpc) is 3.58. The summed E-state index contributed by atoms with van der Waals surface area (Å²) in [6.07, 6.45) is -1.98. The number of nitrogens with zero attached hydrogens (tertiary/aromatic N) is 6. The normalized spacial score (nSPS) is 28.3. The first-order chi connectivity index (χ1) is 19.3. The highest BCUT2D eigenvalue weighted by Crippen LogP contribution is 2.58. The molecule has 2 aliphatic heterocycles. The van der Waals surface area contributed by atoms with E-state index in [1.54, 1.807) is 4.57 Å². The quantitative estimate of drug-likeness (QED) is 0.109. The van der Waals surface area contributed by atoms with Gasteiger partial charge in [-0.05, 0) is 6.07 Å². The van der Waals surface area contributed by atoms with E-state index >= 15 is 0 Å². The van der Waals surface area contributed by atoms with Gasteiger partial charge in [0.2, 0.25) is 0 Å². The summed E-state index contributed by atoms with van der Waals surface area (Å²) in [6.45, 7) is -1.04. The largest absolute Gasteiger partial charge is 0.846 e. The van der Waals surface area contributed by atoms with Crippen LogP contribution < -0.4 is 16.3 Å². The molecule has 2 aliphatic rings. The zero-order valence-corrected chi connectivity index (χ0v) is 23.4. The molecule has 5 rings (SSSR count). The van der Waals surface area contributed by atoms with Crippen LogP contribution >= 0.6 is 15.0 Å². The number of hydrogen-bond donors (Lipinski definition) is 6. The van der Waals surface area contributed by atoms with Gasteiger partial charge >= 0.3 is 7.82 Å². The molecule has 224 valence electrons. The van der Waals surface area contributed by atoms with E-state index in [2.05, 4.69) is 24.5 Å². The van der Waals surface area contributed by atoms with E-state index in [1.165, 1.54) is 24.9 Å². The first kappa shape index (κ1) is 30.1. The number of aromatic nitrogens is 6. The van der Waals surface area contributed by atoms with Crippen molar-refractivity contribution in [3.05, 3.63) is 30.4 Å². The lowest BCUT2D eigenvalue weighted by Gasteiger charge is -2.27. The molecule has 7 atom stereocenters. The maximum absolute atomic E-state index is 12.2. The molecule has 0 aromatic carbocycles. The average molecular weight is 635 g/mol. The van der Waals surface area contributed by atoms with Gasteiger partial charge in [-0.25, -0.2) is 29.4 Å². The number of hydrogen-bond acceptors (Lipinski definition) is 16. The van der Waals surface area contributed by atoms with Crippen LogP contribution in [0.3, 0.4) is 0 Å². The Morgan fingerprint density at radius 3 is 2.66 bits per heavy atom. The van der Waals surface area contributed by atoms with E-state index in [9.17, 15) is 19.7 Å². The second-order valence-corrected chi connectivity index (χ2v) is 13.1. The van der Waals surface area contributed by atoms with Gasteiger partial charge in [0.15, 0.2) is 11.5 Å². The van der Waals surface area contributed by atoms with Crippen LogP contribution in [0.1, 0.15) is 25.3 Å². The summed E-state index contributed by atoms with van der Waals surface area (Å²) in [7, 11) is -8.96. The number of nitrogens with one attached hydrogen (secondary N) is 1. The van der Waals surface area contributed by atoms with Crippen LogP contribution in [-0.4, -0.2) is 86.5 Å². The van der Waals surface area contributed by atoms with Crippen LogP contribution in [0, 0.1) is 5.41 Å². The van der Waals surface area contributed by atoms with Gasteiger partial charge in [0.05, 0.1) is 25.0 Å². The zero-order valence-electron chi connectivity index (χ0n) is 20.8. The van der Waals surface area contributed by atoms with Gasteiger partial charge in [0.1, 0.15) is 54.7 Å². The Morgan fingerprint density at radius 2 is 1.93 bits per heavy atom. The highest BCUT2D eigenvalue weighted by Gasteiger charge is 2.45. The molecular weight excluding hydrogens is 610 g/mol. The summed E-state index contributed by atoms with van der Waals surface area (Å²) >= 11 is 5.13. The van der Waals surface area contributed by atoms with E-state index in [0.29, 0.717) is 11.2 Å².